The zero-order chi connectivity index (χ0) is 16.2. The Morgan fingerprint density at radius 1 is 1.14 bits per heavy atom. The van der Waals surface area contributed by atoms with Crippen molar-refractivity contribution in [3.8, 4) is 5.75 Å². The fourth-order valence-electron chi connectivity index (χ4n) is 1.98. The third-order valence-electron chi connectivity index (χ3n) is 2.96. The van der Waals surface area contributed by atoms with Gasteiger partial charge in [0, 0.05) is 13.8 Å². The molecule has 0 unspecified atom stereocenters. The molecule has 0 saturated carbocycles. The van der Waals surface area contributed by atoms with E-state index in [-0.39, 0.29) is 23.5 Å². The lowest BCUT2D eigenvalue weighted by atomic mass is 9.96. The molecule has 1 rings (SSSR count). The highest BCUT2D eigenvalue weighted by molar-refractivity contribution is 5.69. The number of carbonyl (C=O) groups is 2. The van der Waals surface area contributed by atoms with Crippen LogP contribution in [-0.4, -0.2) is 27.3 Å². The fourth-order valence-corrected chi connectivity index (χ4v) is 1.98. The molecule has 0 aromatic heterocycles. The number of phenols is 1. The van der Waals surface area contributed by atoms with Crippen molar-refractivity contribution in [1.29, 1.82) is 0 Å². The van der Waals surface area contributed by atoms with Crippen LogP contribution < -0.4 is 0 Å². The highest BCUT2D eigenvalue weighted by Gasteiger charge is 2.27. The second kappa shape index (κ2) is 7.05. The van der Waals surface area contributed by atoms with Gasteiger partial charge in [-0.05, 0) is 29.7 Å². The Kier molecular flexibility index (Phi) is 5.69. The minimum atomic E-state index is -1.46. The molecule has 7 nitrogen and oxygen atoms in total. The first kappa shape index (κ1) is 16.9. The van der Waals surface area contributed by atoms with Crippen molar-refractivity contribution in [2.24, 2.45) is 0 Å². The molecular weight excluding hydrogens is 280 g/mol. The van der Waals surface area contributed by atoms with Crippen LogP contribution in [0, 0.1) is 6.92 Å². The largest absolute Gasteiger partial charge is 0.507 e. The zero-order valence-electron chi connectivity index (χ0n) is 12.0. The van der Waals surface area contributed by atoms with Gasteiger partial charge >= 0.3 is 11.9 Å². The number of benzene rings is 1. The molecule has 0 bridgehead atoms. The number of rotatable bonds is 5. The van der Waals surface area contributed by atoms with Gasteiger partial charge in [0.05, 0.1) is 18.8 Å². The maximum absolute atomic E-state index is 11.1. The van der Waals surface area contributed by atoms with Crippen LogP contribution in [0.3, 0.4) is 0 Å². The van der Waals surface area contributed by atoms with Gasteiger partial charge in [0.2, 0.25) is 0 Å². The molecule has 0 fully saturated rings. The predicted molar refractivity (Wildman–Crippen MR) is 71.0 cm³/mol. The molecule has 0 heterocycles. The molecule has 0 amide bonds. The summed E-state index contributed by atoms with van der Waals surface area (Å²) < 4.78 is 9.77. The van der Waals surface area contributed by atoms with Gasteiger partial charge in [0.25, 0.3) is 6.29 Å². The average Bonchev–Trinajstić information content (AvgIpc) is 2.38. The van der Waals surface area contributed by atoms with Crippen molar-refractivity contribution in [2.75, 3.05) is 0 Å². The lowest BCUT2D eigenvalue weighted by Crippen LogP contribution is -2.18. The SMILES string of the molecule is CC(=O)OC(OC(C)=O)c1c(O)cc(CO)c(C)c1CO. The predicted octanol–water partition coefficient (Wildman–Crippen LogP) is 0.810. The van der Waals surface area contributed by atoms with Crippen molar-refractivity contribution in [3.63, 3.8) is 0 Å². The molecule has 0 aliphatic heterocycles. The van der Waals surface area contributed by atoms with Crippen molar-refractivity contribution < 1.29 is 34.4 Å². The summed E-state index contributed by atoms with van der Waals surface area (Å²) >= 11 is 0. The van der Waals surface area contributed by atoms with Crippen molar-refractivity contribution in [1.82, 2.24) is 0 Å². The molecule has 3 N–H and O–H groups in total. The van der Waals surface area contributed by atoms with Crippen LogP contribution in [0.4, 0.5) is 0 Å². The molecule has 7 heteroatoms. The number of aliphatic hydroxyl groups is 2. The van der Waals surface area contributed by atoms with Crippen LogP contribution in [0.1, 0.15) is 42.4 Å². The summed E-state index contributed by atoms with van der Waals surface area (Å²) in [4.78, 5) is 22.3. The maximum Gasteiger partial charge on any atom is 0.305 e. The fraction of sp³-hybridized carbons (Fsp3) is 0.429. The number of carbonyl (C=O) groups excluding carboxylic acids is 2. The first-order chi connectivity index (χ1) is 9.81. The summed E-state index contributed by atoms with van der Waals surface area (Å²) in [5.41, 5.74) is 1.13. The van der Waals surface area contributed by atoms with E-state index in [1.807, 2.05) is 0 Å². The Bertz CT molecular complexity index is 535. The van der Waals surface area contributed by atoms with E-state index in [1.54, 1.807) is 6.92 Å². The first-order valence-corrected chi connectivity index (χ1v) is 6.22. The summed E-state index contributed by atoms with van der Waals surface area (Å²) in [6.07, 6.45) is -1.46. The highest BCUT2D eigenvalue weighted by atomic mass is 16.7. The van der Waals surface area contributed by atoms with E-state index < -0.39 is 24.8 Å². The first-order valence-electron chi connectivity index (χ1n) is 6.22. The molecule has 0 atom stereocenters. The minimum Gasteiger partial charge on any atom is -0.507 e. The quantitative estimate of drug-likeness (QED) is 0.544. The van der Waals surface area contributed by atoms with E-state index >= 15 is 0 Å². The zero-order valence-corrected chi connectivity index (χ0v) is 12.0. The van der Waals surface area contributed by atoms with Crippen LogP contribution in [0.15, 0.2) is 6.07 Å². The van der Waals surface area contributed by atoms with Crippen LogP contribution in [-0.2, 0) is 32.3 Å². The van der Waals surface area contributed by atoms with Gasteiger partial charge in [-0.1, -0.05) is 0 Å². The molecule has 0 aliphatic rings. The summed E-state index contributed by atoms with van der Waals surface area (Å²) in [6.45, 7) is 3.06. The molecule has 0 radical (unpaired) electrons. The smallest absolute Gasteiger partial charge is 0.305 e. The van der Waals surface area contributed by atoms with E-state index in [0.717, 1.165) is 13.8 Å². The Labute approximate surface area is 121 Å². The summed E-state index contributed by atoms with van der Waals surface area (Å²) in [7, 11) is 0. The Morgan fingerprint density at radius 3 is 2.05 bits per heavy atom. The van der Waals surface area contributed by atoms with Gasteiger partial charge in [-0.2, -0.15) is 0 Å². The van der Waals surface area contributed by atoms with E-state index in [2.05, 4.69) is 0 Å². The van der Waals surface area contributed by atoms with Crippen LogP contribution in [0.2, 0.25) is 0 Å². The van der Waals surface area contributed by atoms with Gasteiger partial charge in [-0.3, -0.25) is 9.59 Å². The van der Waals surface area contributed by atoms with Crippen molar-refractivity contribution >= 4 is 11.9 Å². The molecule has 0 saturated heterocycles. The minimum absolute atomic E-state index is 0.0161. The van der Waals surface area contributed by atoms with E-state index in [1.165, 1.54) is 6.07 Å². The van der Waals surface area contributed by atoms with Crippen molar-refractivity contribution in [3.05, 3.63) is 28.3 Å². The summed E-state index contributed by atoms with van der Waals surface area (Å²) in [5, 5.41) is 28.8. The molecule has 1 aromatic carbocycles. The van der Waals surface area contributed by atoms with Crippen molar-refractivity contribution in [2.45, 2.75) is 40.3 Å². The Hall–Kier alpha value is -2.12. The number of aromatic hydroxyl groups is 1. The number of hydrogen-bond donors (Lipinski definition) is 3. The normalized spacial score (nSPS) is 10.6. The van der Waals surface area contributed by atoms with Gasteiger partial charge in [-0.25, -0.2) is 0 Å². The second-order valence-corrected chi connectivity index (χ2v) is 4.44. The van der Waals surface area contributed by atoms with Gasteiger partial charge in [0.1, 0.15) is 5.75 Å². The number of ether oxygens (including phenoxy) is 2. The summed E-state index contributed by atoms with van der Waals surface area (Å²) in [5.74, 6) is -1.77. The number of phenolic OH excluding ortho intramolecular Hbond substituents is 1. The topological polar surface area (TPSA) is 113 Å². The van der Waals surface area contributed by atoms with Gasteiger partial charge < -0.3 is 24.8 Å². The maximum atomic E-state index is 11.1. The van der Waals surface area contributed by atoms with Crippen LogP contribution in [0.5, 0.6) is 5.75 Å². The lowest BCUT2D eigenvalue weighted by molar-refractivity contribution is -0.186. The Balaban J connectivity index is 3.45. The third-order valence-corrected chi connectivity index (χ3v) is 2.96. The molecule has 116 valence electrons. The second-order valence-electron chi connectivity index (χ2n) is 4.44. The van der Waals surface area contributed by atoms with Gasteiger partial charge in [-0.15, -0.1) is 0 Å². The van der Waals surface area contributed by atoms with Crippen LogP contribution >= 0.6 is 0 Å². The number of hydrogen-bond acceptors (Lipinski definition) is 7. The molecule has 1 aromatic rings. The molecule has 0 spiro atoms. The number of esters is 2. The average molecular weight is 298 g/mol. The molecule has 0 aliphatic carbocycles. The van der Waals surface area contributed by atoms with Gasteiger partial charge in [0.15, 0.2) is 0 Å². The van der Waals surface area contributed by atoms with Crippen LogP contribution in [0.25, 0.3) is 0 Å². The van der Waals surface area contributed by atoms with E-state index in [9.17, 15) is 24.9 Å². The monoisotopic (exact) mass is 298 g/mol. The highest BCUT2D eigenvalue weighted by Crippen LogP contribution is 2.35. The number of aliphatic hydroxyl groups excluding tert-OH is 2. The summed E-state index contributed by atoms with van der Waals surface area (Å²) in [6, 6.07) is 1.27. The molecular formula is C14H18O7. The lowest BCUT2D eigenvalue weighted by Gasteiger charge is -2.22. The van der Waals surface area contributed by atoms with E-state index in [0.29, 0.717) is 11.1 Å². The van der Waals surface area contributed by atoms with E-state index in [4.69, 9.17) is 9.47 Å². The third kappa shape index (κ3) is 3.93. The Morgan fingerprint density at radius 2 is 1.67 bits per heavy atom. The standard InChI is InChI=1S/C14H18O7/c1-7-10(5-15)4-12(19)13(11(7)6-16)14(20-8(2)17)21-9(3)18/h4,14-16,19H,5-6H2,1-3H3. The molecule has 21 heavy (non-hydrogen) atoms.